The van der Waals surface area contributed by atoms with Crippen molar-refractivity contribution in [2.75, 3.05) is 50.9 Å². The summed E-state index contributed by atoms with van der Waals surface area (Å²) in [5.41, 5.74) is -0.270. The van der Waals surface area contributed by atoms with Crippen molar-refractivity contribution in [3.63, 3.8) is 0 Å². The lowest BCUT2D eigenvalue weighted by Crippen LogP contribution is -2.57. The van der Waals surface area contributed by atoms with Crippen LogP contribution in [-0.2, 0) is 9.47 Å². The molecule has 18 heavy (non-hydrogen) atoms. The first kappa shape index (κ1) is 11.8. The van der Waals surface area contributed by atoms with Gasteiger partial charge in [-0.2, -0.15) is 0 Å². The third-order valence-corrected chi connectivity index (χ3v) is 3.32. The van der Waals surface area contributed by atoms with E-state index in [1.54, 1.807) is 12.4 Å². The van der Waals surface area contributed by atoms with Crippen LogP contribution in [0.3, 0.4) is 0 Å². The first-order valence-corrected chi connectivity index (χ1v) is 6.32. The van der Waals surface area contributed by atoms with Crippen molar-refractivity contribution >= 4 is 5.95 Å². The van der Waals surface area contributed by atoms with Crippen LogP contribution < -0.4 is 10.2 Å². The Labute approximate surface area is 106 Å². The second-order valence-electron chi connectivity index (χ2n) is 4.73. The third kappa shape index (κ3) is 2.45. The van der Waals surface area contributed by atoms with E-state index in [1.807, 2.05) is 6.07 Å². The fourth-order valence-electron chi connectivity index (χ4n) is 2.43. The molecule has 0 aliphatic carbocycles. The molecular formula is C12H18N4O2. The van der Waals surface area contributed by atoms with Gasteiger partial charge in [-0.1, -0.05) is 0 Å². The predicted octanol–water partition coefficient (Wildman–Crippen LogP) is -0.328. The van der Waals surface area contributed by atoms with Gasteiger partial charge in [0.25, 0.3) is 0 Å². The van der Waals surface area contributed by atoms with Crippen LogP contribution in [0.25, 0.3) is 0 Å². The first-order chi connectivity index (χ1) is 8.88. The number of anilines is 1. The number of aromatic nitrogens is 2. The van der Waals surface area contributed by atoms with Crippen molar-refractivity contribution in [3.05, 3.63) is 18.5 Å². The highest BCUT2D eigenvalue weighted by atomic mass is 16.5. The molecule has 1 atom stereocenters. The van der Waals surface area contributed by atoms with Crippen LogP contribution in [0.1, 0.15) is 0 Å². The van der Waals surface area contributed by atoms with Crippen LogP contribution in [0.2, 0.25) is 0 Å². The minimum Gasteiger partial charge on any atom is -0.376 e. The number of morpholine rings is 1. The monoisotopic (exact) mass is 250 g/mol. The summed E-state index contributed by atoms with van der Waals surface area (Å²) in [4.78, 5) is 10.7. The van der Waals surface area contributed by atoms with Crippen LogP contribution in [-0.4, -0.2) is 61.6 Å². The Hall–Kier alpha value is -1.24. The molecule has 0 aromatic carbocycles. The molecule has 0 unspecified atom stereocenters. The van der Waals surface area contributed by atoms with Gasteiger partial charge >= 0.3 is 0 Å². The SMILES string of the molecule is c1cnc(N2CCOC[C@]3(CNCCO3)C2)nc1. The van der Waals surface area contributed by atoms with Crippen LogP contribution in [0.15, 0.2) is 18.5 Å². The molecule has 2 saturated heterocycles. The zero-order valence-electron chi connectivity index (χ0n) is 10.3. The van der Waals surface area contributed by atoms with E-state index >= 15 is 0 Å². The summed E-state index contributed by atoms with van der Waals surface area (Å²) in [5, 5.41) is 3.37. The number of hydrogen-bond acceptors (Lipinski definition) is 6. The van der Waals surface area contributed by atoms with Crippen molar-refractivity contribution in [1.29, 1.82) is 0 Å². The fraction of sp³-hybridized carbons (Fsp3) is 0.667. The molecule has 1 aromatic rings. The number of nitrogens with zero attached hydrogens (tertiary/aromatic N) is 3. The number of nitrogens with one attached hydrogen (secondary N) is 1. The molecule has 2 fully saturated rings. The quantitative estimate of drug-likeness (QED) is 0.736. The molecule has 2 aliphatic heterocycles. The highest BCUT2D eigenvalue weighted by Crippen LogP contribution is 2.21. The average molecular weight is 250 g/mol. The Morgan fingerprint density at radius 1 is 1.28 bits per heavy atom. The van der Waals surface area contributed by atoms with Gasteiger partial charge < -0.3 is 19.7 Å². The van der Waals surface area contributed by atoms with Gasteiger partial charge in [0, 0.05) is 32.0 Å². The minimum absolute atomic E-state index is 0.270. The molecule has 1 aromatic heterocycles. The number of ether oxygens (including phenoxy) is 2. The Morgan fingerprint density at radius 2 is 2.17 bits per heavy atom. The zero-order valence-corrected chi connectivity index (χ0v) is 10.3. The summed E-state index contributed by atoms with van der Waals surface area (Å²) in [7, 11) is 0. The molecule has 6 heteroatoms. The second kappa shape index (κ2) is 5.17. The van der Waals surface area contributed by atoms with E-state index in [2.05, 4.69) is 20.2 Å². The van der Waals surface area contributed by atoms with E-state index in [1.165, 1.54) is 0 Å². The second-order valence-corrected chi connectivity index (χ2v) is 4.73. The van der Waals surface area contributed by atoms with E-state index in [4.69, 9.17) is 9.47 Å². The summed E-state index contributed by atoms with van der Waals surface area (Å²) >= 11 is 0. The molecule has 1 N–H and O–H groups in total. The average Bonchev–Trinajstić information content (AvgIpc) is 2.64. The molecular weight excluding hydrogens is 232 g/mol. The molecule has 0 radical (unpaired) electrons. The van der Waals surface area contributed by atoms with Gasteiger partial charge in [0.1, 0.15) is 5.60 Å². The zero-order chi connectivity index (χ0) is 12.3. The topological polar surface area (TPSA) is 59.5 Å². The summed E-state index contributed by atoms with van der Waals surface area (Å²) < 4.78 is 11.6. The third-order valence-electron chi connectivity index (χ3n) is 3.32. The maximum atomic E-state index is 5.95. The predicted molar refractivity (Wildman–Crippen MR) is 66.6 cm³/mol. The van der Waals surface area contributed by atoms with Gasteiger partial charge in [0.05, 0.1) is 26.4 Å². The Bertz CT molecular complexity index is 381. The largest absolute Gasteiger partial charge is 0.376 e. The molecule has 0 saturated carbocycles. The summed E-state index contributed by atoms with van der Waals surface area (Å²) in [5.74, 6) is 0.747. The standard InChI is InChI=1S/C12H18N4O2/c1-2-14-11(15-3-1)16-5-7-17-10-12(9-16)8-13-4-6-18-12/h1-3,13H,4-10H2/t12-/m0/s1. The van der Waals surface area contributed by atoms with Gasteiger partial charge in [-0.3, -0.25) is 0 Å². The van der Waals surface area contributed by atoms with Crippen molar-refractivity contribution in [1.82, 2.24) is 15.3 Å². The number of hydrogen-bond donors (Lipinski definition) is 1. The molecule has 2 aliphatic rings. The van der Waals surface area contributed by atoms with Crippen LogP contribution in [0, 0.1) is 0 Å². The Balaban J connectivity index is 1.78. The van der Waals surface area contributed by atoms with Crippen LogP contribution in [0.5, 0.6) is 0 Å². The van der Waals surface area contributed by atoms with E-state index in [0.29, 0.717) is 13.2 Å². The first-order valence-electron chi connectivity index (χ1n) is 6.32. The van der Waals surface area contributed by atoms with Gasteiger partial charge in [0.2, 0.25) is 5.95 Å². The van der Waals surface area contributed by atoms with Crippen molar-refractivity contribution in [2.24, 2.45) is 0 Å². The molecule has 98 valence electrons. The summed E-state index contributed by atoms with van der Waals surface area (Å²) in [6.45, 7) is 5.33. The van der Waals surface area contributed by atoms with E-state index in [-0.39, 0.29) is 5.60 Å². The molecule has 6 nitrogen and oxygen atoms in total. The van der Waals surface area contributed by atoms with Gasteiger partial charge in [0.15, 0.2) is 0 Å². The summed E-state index contributed by atoms with van der Waals surface area (Å²) in [6, 6.07) is 1.83. The van der Waals surface area contributed by atoms with Crippen molar-refractivity contribution in [2.45, 2.75) is 5.60 Å². The molecule has 3 heterocycles. The van der Waals surface area contributed by atoms with Gasteiger partial charge in [-0.15, -0.1) is 0 Å². The smallest absolute Gasteiger partial charge is 0.225 e. The lowest BCUT2D eigenvalue weighted by Gasteiger charge is -2.38. The maximum absolute atomic E-state index is 5.95. The number of rotatable bonds is 1. The lowest BCUT2D eigenvalue weighted by atomic mass is 10.0. The van der Waals surface area contributed by atoms with Crippen LogP contribution in [0.4, 0.5) is 5.95 Å². The maximum Gasteiger partial charge on any atom is 0.225 e. The van der Waals surface area contributed by atoms with Crippen LogP contribution >= 0.6 is 0 Å². The molecule has 0 bridgehead atoms. The van der Waals surface area contributed by atoms with Crippen molar-refractivity contribution in [3.8, 4) is 0 Å². The summed E-state index contributed by atoms with van der Waals surface area (Å²) in [6.07, 6.45) is 3.53. The normalized spacial score (nSPS) is 29.2. The minimum atomic E-state index is -0.270. The molecule has 3 rings (SSSR count). The molecule has 1 spiro atoms. The highest BCUT2D eigenvalue weighted by Gasteiger charge is 2.38. The van der Waals surface area contributed by atoms with E-state index in [9.17, 15) is 0 Å². The Morgan fingerprint density at radius 3 is 2.94 bits per heavy atom. The molecule has 0 amide bonds. The lowest BCUT2D eigenvalue weighted by molar-refractivity contribution is -0.0976. The van der Waals surface area contributed by atoms with Gasteiger partial charge in [-0.05, 0) is 6.07 Å². The highest BCUT2D eigenvalue weighted by molar-refractivity contribution is 5.30. The fourth-order valence-corrected chi connectivity index (χ4v) is 2.43. The van der Waals surface area contributed by atoms with Gasteiger partial charge in [-0.25, -0.2) is 9.97 Å². The van der Waals surface area contributed by atoms with E-state index < -0.39 is 0 Å². The Kier molecular flexibility index (Phi) is 3.40. The van der Waals surface area contributed by atoms with Crippen molar-refractivity contribution < 1.29 is 9.47 Å². The van der Waals surface area contributed by atoms with E-state index in [0.717, 1.165) is 38.7 Å².